The van der Waals surface area contributed by atoms with Gasteiger partial charge >= 0.3 is 0 Å². The van der Waals surface area contributed by atoms with Gasteiger partial charge in [0.05, 0.1) is 11.5 Å². The van der Waals surface area contributed by atoms with Crippen LogP contribution in [0.5, 0.6) is 5.75 Å². The molecule has 1 aromatic carbocycles. The normalized spacial score (nSPS) is 13.1. The molecule has 0 radical (unpaired) electrons. The molecule has 0 aliphatic carbocycles. The number of benzene rings is 1. The van der Waals surface area contributed by atoms with Crippen molar-refractivity contribution in [3.63, 3.8) is 0 Å². The first-order valence-electron chi connectivity index (χ1n) is 7.65. The van der Waals surface area contributed by atoms with Gasteiger partial charge in [0.15, 0.2) is 9.84 Å². The second kappa shape index (κ2) is 9.05. The SMILES string of the molecule is CCCNC(C)c1ccc(OCCS(=O)(=O)CCC)cc1. The van der Waals surface area contributed by atoms with E-state index in [0.717, 1.165) is 13.0 Å². The predicted molar refractivity (Wildman–Crippen MR) is 87.6 cm³/mol. The average molecular weight is 313 g/mol. The minimum absolute atomic E-state index is 0.0804. The molecule has 21 heavy (non-hydrogen) atoms. The Morgan fingerprint density at radius 2 is 1.76 bits per heavy atom. The van der Waals surface area contributed by atoms with E-state index in [9.17, 15) is 8.42 Å². The highest BCUT2D eigenvalue weighted by atomic mass is 32.2. The molecule has 1 rings (SSSR count). The minimum atomic E-state index is -2.97. The maximum Gasteiger partial charge on any atom is 0.153 e. The average Bonchev–Trinajstić information content (AvgIpc) is 2.45. The third-order valence-corrected chi connectivity index (χ3v) is 5.08. The topological polar surface area (TPSA) is 55.4 Å². The number of hydrogen-bond donors (Lipinski definition) is 1. The van der Waals surface area contributed by atoms with Gasteiger partial charge in [-0.15, -0.1) is 0 Å². The molecule has 0 amide bonds. The zero-order chi connectivity index (χ0) is 15.7. The van der Waals surface area contributed by atoms with Gasteiger partial charge in [0, 0.05) is 6.04 Å². The van der Waals surface area contributed by atoms with Gasteiger partial charge in [-0.3, -0.25) is 0 Å². The Bertz CT molecular complexity index is 497. The Labute approximate surface area is 128 Å². The van der Waals surface area contributed by atoms with E-state index in [2.05, 4.69) is 19.2 Å². The summed E-state index contributed by atoms with van der Waals surface area (Å²) in [4.78, 5) is 0. The molecule has 4 nitrogen and oxygen atoms in total. The Hall–Kier alpha value is -1.07. The van der Waals surface area contributed by atoms with Crippen LogP contribution in [0.3, 0.4) is 0 Å². The lowest BCUT2D eigenvalue weighted by molar-refractivity contribution is 0.340. The van der Waals surface area contributed by atoms with Gasteiger partial charge in [-0.05, 0) is 44.0 Å². The summed E-state index contributed by atoms with van der Waals surface area (Å²) in [6.07, 6.45) is 1.76. The zero-order valence-electron chi connectivity index (χ0n) is 13.3. The largest absolute Gasteiger partial charge is 0.493 e. The van der Waals surface area contributed by atoms with Crippen molar-refractivity contribution >= 4 is 9.84 Å². The maximum absolute atomic E-state index is 11.6. The summed E-state index contributed by atoms with van der Waals surface area (Å²) in [6.45, 7) is 7.34. The molecule has 0 spiro atoms. The lowest BCUT2D eigenvalue weighted by Gasteiger charge is -2.14. The molecule has 1 atom stereocenters. The van der Waals surface area contributed by atoms with Gasteiger partial charge < -0.3 is 10.1 Å². The van der Waals surface area contributed by atoms with E-state index in [4.69, 9.17) is 4.74 Å². The van der Waals surface area contributed by atoms with Crippen molar-refractivity contribution in [2.45, 2.75) is 39.7 Å². The number of sulfone groups is 1. The Balaban J connectivity index is 2.44. The van der Waals surface area contributed by atoms with Crippen molar-refractivity contribution < 1.29 is 13.2 Å². The van der Waals surface area contributed by atoms with Crippen molar-refractivity contribution in [1.82, 2.24) is 5.32 Å². The van der Waals surface area contributed by atoms with Crippen molar-refractivity contribution in [3.8, 4) is 5.75 Å². The van der Waals surface area contributed by atoms with Crippen LogP contribution < -0.4 is 10.1 Å². The molecule has 0 saturated heterocycles. The summed E-state index contributed by atoms with van der Waals surface area (Å²) in [7, 11) is -2.97. The fourth-order valence-electron chi connectivity index (χ4n) is 2.03. The molecule has 0 bridgehead atoms. The number of ether oxygens (including phenoxy) is 1. The van der Waals surface area contributed by atoms with Gasteiger partial charge in [0.25, 0.3) is 0 Å². The second-order valence-corrected chi connectivity index (χ2v) is 7.55. The molecule has 1 aromatic rings. The van der Waals surface area contributed by atoms with Crippen molar-refractivity contribution in [2.24, 2.45) is 0 Å². The van der Waals surface area contributed by atoms with Gasteiger partial charge in [-0.1, -0.05) is 26.0 Å². The van der Waals surface area contributed by atoms with E-state index in [1.807, 2.05) is 31.2 Å². The van der Waals surface area contributed by atoms with Crippen molar-refractivity contribution in [2.75, 3.05) is 24.7 Å². The van der Waals surface area contributed by atoms with Crippen LogP contribution in [0.25, 0.3) is 0 Å². The number of hydrogen-bond acceptors (Lipinski definition) is 4. The fourth-order valence-corrected chi connectivity index (χ4v) is 3.19. The van der Waals surface area contributed by atoms with Gasteiger partial charge in [0.2, 0.25) is 0 Å². The standard InChI is InChI=1S/C16H27NO3S/c1-4-10-17-14(3)15-6-8-16(9-7-15)20-11-13-21(18,19)12-5-2/h6-9,14,17H,4-5,10-13H2,1-3H3. The summed E-state index contributed by atoms with van der Waals surface area (Å²) in [5.74, 6) is 1.03. The lowest BCUT2D eigenvalue weighted by atomic mass is 10.1. The summed E-state index contributed by atoms with van der Waals surface area (Å²) < 4.78 is 28.7. The molecule has 0 aliphatic heterocycles. The van der Waals surface area contributed by atoms with Crippen LogP contribution in [0.2, 0.25) is 0 Å². The molecule has 0 heterocycles. The summed E-state index contributed by atoms with van der Waals surface area (Å²) >= 11 is 0. The van der Waals surface area contributed by atoms with Crippen LogP contribution in [0.15, 0.2) is 24.3 Å². The first-order chi connectivity index (χ1) is 9.98. The Morgan fingerprint density at radius 3 is 2.33 bits per heavy atom. The van der Waals surface area contributed by atoms with E-state index < -0.39 is 9.84 Å². The molecule has 0 fully saturated rings. The molecule has 0 aromatic heterocycles. The van der Waals surface area contributed by atoms with E-state index in [1.54, 1.807) is 0 Å². The van der Waals surface area contributed by atoms with E-state index in [1.165, 1.54) is 5.56 Å². The van der Waals surface area contributed by atoms with Crippen LogP contribution >= 0.6 is 0 Å². The third kappa shape index (κ3) is 6.96. The number of nitrogens with one attached hydrogen (secondary N) is 1. The third-order valence-electron chi connectivity index (χ3n) is 3.26. The van der Waals surface area contributed by atoms with Gasteiger partial charge in [0.1, 0.15) is 12.4 Å². The molecule has 1 N–H and O–H groups in total. The summed E-state index contributed by atoms with van der Waals surface area (Å²) in [5.41, 5.74) is 1.20. The van der Waals surface area contributed by atoms with Gasteiger partial charge in [-0.2, -0.15) is 0 Å². The van der Waals surface area contributed by atoms with Gasteiger partial charge in [-0.25, -0.2) is 8.42 Å². The second-order valence-electron chi connectivity index (χ2n) is 5.25. The minimum Gasteiger partial charge on any atom is -0.493 e. The van der Waals surface area contributed by atoms with E-state index in [0.29, 0.717) is 18.2 Å². The monoisotopic (exact) mass is 313 g/mol. The highest BCUT2D eigenvalue weighted by molar-refractivity contribution is 7.91. The lowest BCUT2D eigenvalue weighted by Crippen LogP contribution is -2.19. The van der Waals surface area contributed by atoms with Crippen molar-refractivity contribution in [3.05, 3.63) is 29.8 Å². The molecular formula is C16H27NO3S. The Morgan fingerprint density at radius 1 is 1.10 bits per heavy atom. The predicted octanol–water partition coefficient (Wildman–Crippen LogP) is 2.95. The maximum atomic E-state index is 11.6. The first kappa shape index (κ1) is 18.0. The number of rotatable bonds is 10. The van der Waals surface area contributed by atoms with Crippen LogP contribution in [0, 0.1) is 0 Å². The van der Waals surface area contributed by atoms with Crippen LogP contribution in [-0.4, -0.2) is 33.1 Å². The molecule has 0 aliphatic rings. The van der Waals surface area contributed by atoms with Crippen LogP contribution in [0.4, 0.5) is 0 Å². The first-order valence-corrected chi connectivity index (χ1v) is 9.47. The highest BCUT2D eigenvalue weighted by Gasteiger charge is 2.09. The van der Waals surface area contributed by atoms with E-state index >= 15 is 0 Å². The van der Waals surface area contributed by atoms with Crippen molar-refractivity contribution in [1.29, 1.82) is 0 Å². The van der Waals surface area contributed by atoms with Crippen LogP contribution in [-0.2, 0) is 9.84 Å². The molecule has 120 valence electrons. The van der Waals surface area contributed by atoms with Crippen LogP contribution in [0.1, 0.15) is 45.2 Å². The highest BCUT2D eigenvalue weighted by Crippen LogP contribution is 2.17. The molecule has 5 heteroatoms. The Kier molecular flexibility index (Phi) is 7.75. The fraction of sp³-hybridized carbons (Fsp3) is 0.625. The quantitative estimate of drug-likeness (QED) is 0.721. The smallest absolute Gasteiger partial charge is 0.153 e. The summed E-state index contributed by atoms with van der Waals surface area (Å²) in [5, 5.41) is 3.43. The summed E-state index contributed by atoms with van der Waals surface area (Å²) in [6, 6.07) is 8.13. The molecular weight excluding hydrogens is 286 g/mol. The zero-order valence-corrected chi connectivity index (χ0v) is 14.1. The van der Waals surface area contributed by atoms with E-state index in [-0.39, 0.29) is 18.1 Å². The molecule has 0 saturated carbocycles. The molecule has 1 unspecified atom stereocenters.